The van der Waals surface area contributed by atoms with Gasteiger partial charge in [-0.2, -0.15) is 0 Å². The Morgan fingerprint density at radius 3 is 2.41 bits per heavy atom. The number of carbonyl (C=O) groups excluding carboxylic acids is 2. The Labute approximate surface area is 101 Å². The number of hydrogen-bond donors (Lipinski definition) is 0. The average Bonchev–Trinajstić information content (AvgIpc) is 2.32. The standard InChI is InChI=1S/C15H14O2/c1-4-6-14(17)12(3)15(9-5-2)10-7-13(16)8-11-15/h6-12H,1-2H2,3H3. The highest BCUT2D eigenvalue weighted by Gasteiger charge is 2.34. The zero-order valence-electron chi connectivity index (χ0n) is 9.77. The van der Waals surface area contributed by atoms with E-state index in [1.54, 1.807) is 25.2 Å². The molecule has 1 unspecified atom stereocenters. The summed E-state index contributed by atoms with van der Waals surface area (Å²) in [7, 11) is 0. The van der Waals surface area contributed by atoms with Crippen molar-refractivity contribution >= 4 is 11.6 Å². The van der Waals surface area contributed by atoms with Gasteiger partial charge in [0, 0.05) is 17.4 Å². The van der Waals surface area contributed by atoms with Crippen molar-refractivity contribution in [1.82, 2.24) is 0 Å². The third-order valence-corrected chi connectivity index (χ3v) is 2.85. The number of allylic oxidation sites excluding steroid dienone is 6. The molecule has 0 heterocycles. The molecule has 2 heteroatoms. The number of carbonyl (C=O) groups is 2. The van der Waals surface area contributed by atoms with Gasteiger partial charge in [0.2, 0.25) is 0 Å². The molecular formula is C15H14O2. The smallest absolute Gasteiger partial charge is 0.178 e. The number of hydrogen-bond acceptors (Lipinski definition) is 2. The normalized spacial score (nSPS) is 17.8. The lowest BCUT2D eigenvalue weighted by atomic mass is 9.72. The molecule has 0 aromatic heterocycles. The van der Waals surface area contributed by atoms with Crippen molar-refractivity contribution in [1.29, 1.82) is 0 Å². The fourth-order valence-electron chi connectivity index (χ4n) is 1.72. The lowest BCUT2D eigenvalue weighted by Crippen LogP contribution is -2.29. The van der Waals surface area contributed by atoms with Gasteiger partial charge in [0.05, 0.1) is 0 Å². The van der Waals surface area contributed by atoms with Crippen LogP contribution in [-0.4, -0.2) is 11.6 Å². The Hall–Kier alpha value is -2.14. The highest BCUT2D eigenvalue weighted by atomic mass is 16.1. The summed E-state index contributed by atoms with van der Waals surface area (Å²) in [6.45, 7) is 8.69. The van der Waals surface area contributed by atoms with Gasteiger partial charge < -0.3 is 0 Å². The van der Waals surface area contributed by atoms with E-state index in [0.717, 1.165) is 0 Å². The largest absolute Gasteiger partial charge is 0.294 e. The fourth-order valence-corrected chi connectivity index (χ4v) is 1.72. The maximum absolute atomic E-state index is 11.8. The van der Waals surface area contributed by atoms with E-state index in [1.165, 1.54) is 18.2 Å². The third-order valence-electron chi connectivity index (χ3n) is 2.85. The summed E-state index contributed by atoms with van der Waals surface area (Å²) in [4.78, 5) is 23.0. The Kier molecular flexibility index (Phi) is 4.01. The summed E-state index contributed by atoms with van der Waals surface area (Å²) in [5.74, 6) is -0.543. The van der Waals surface area contributed by atoms with Crippen LogP contribution in [0.2, 0.25) is 0 Å². The molecule has 0 N–H and O–H groups in total. The minimum absolute atomic E-state index is 0.0861. The zero-order chi connectivity index (χ0) is 12.9. The van der Waals surface area contributed by atoms with Crippen molar-refractivity contribution in [2.45, 2.75) is 6.92 Å². The van der Waals surface area contributed by atoms with Crippen LogP contribution in [0.1, 0.15) is 6.92 Å². The van der Waals surface area contributed by atoms with Gasteiger partial charge in [0.1, 0.15) is 0 Å². The summed E-state index contributed by atoms with van der Waals surface area (Å²) in [5.41, 5.74) is 4.51. The first-order chi connectivity index (χ1) is 8.05. The van der Waals surface area contributed by atoms with E-state index in [9.17, 15) is 9.59 Å². The predicted molar refractivity (Wildman–Crippen MR) is 67.3 cm³/mol. The van der Waals surface area contributed by atoms with Gasteiger partial charge in [-0.25, -0.2) is 0 Å². The Bertz CT molecular complexity index is 477. The van der Waals surface area contributed by atoms with Crippen LogP contribution in [0.3, 0.4) is 0 Å². The van der Waals surface area contributed by atoms with Crippen LogP contribution in [0.4, 0.5) is 0 Å². The van der Waals surface area contributed by atoms with Crippen LogP contribution in [0, 0.1) is 11.3 Å². The van der Waals surface area contributed by atoms with Crippen molar-refractivity contribution in [3.63, 3.8) is 0 Å². The molecule has 2 nitrogen and oxygen atoms in total. The van der Waals surface area contributed by atoms with Crippen molar-refractivity contribution in [3.05, 3.63) is 61.1 Å². The molecule has 0 saturated heterocycles. The van der Waals surface area contributed by atoms with E-state index in [1.807, 2.05) is 0 Å². The average molecular weight is 226 g/mol. The molecule has 0 bridgehead atoms. The highest BCUT2D eigenvalue weighted by molar-refractivity contribution is 6.01. The van der Waals surface area contributed by atoms with Crippen molar-refractivity contribution in [3.8, 4) is 0 Å². The molecule has 0 aromatic rings. The highest BCUT2D eigenvalue weighted by Crippen LogP contribution is 2.35. The maximum Gasteiger partial charge on any atom is 0.178 e. The topological polar surface area (TPSA) is 34.1 Å². The fraction of sp³-hybridized carbons (Fsp3) is 0.200. The Balaban J connectivity index is 3.18. The van der Waals surface area contributed by atoms with E-state index in [2.05, 4.69) is 24.6 Å². The van der Waals surface area contributed by atoms with Crippen molar-refractivity contribution < 1.29 is 9.59 Å². The Morgan fingerprint density at radius 1 is 1.35 bits per heavy atom. The van der Waals surface area contributed by atoms with Gasteiger partial charge in [0.25, 0.3) is 0 Å². The minimum atomic E-state index is -0.639. The van der Waals surface area contributed by atoms with Crippen molar-refractivity contribution in [2.24, 2.45) is 11.3 Å². The van der Waals surface area contributed by atoms with Gasteiger partial charge in [-0.15, -0.1) is 11.5 Å². The molecule has 17 heavy (non-hydrogen) atoms. The predicted octanol–water partition coefficient (Wildman–Crippen LogP) is 2.56. The molecule has 0 spiro atoms. The van der Waals surface area contributed by atoms with E-state index < -0.39 is 5.41 Å². The van der Waals surface area contributed by atoms with E-state index in [0.29, 0.717) is 0 Å². The van der Waals surface area contributed by atoms with Crippen LogP contribution in [0.25, 0.3) is 0 Å². The lowest BCUT2D eigenvalue weighted by molar-refractivity contribution is -0.119. The minimum Gasteiger partial charge on any atom is -0.294 e. The second-order valence-corrected chi connectivity index (χ2v) is 3.89. The maximum atomic E-state index is 11.8. The number of rotatable bonds is 4. The first-order valence-electron chi connectivity index (χ1n) is 5.25. The third kappa shape index (κ3) is 2.70. The first-order valence-corrected chi connectivity index (χ1v) is 5.25. The molecular weight excluding hydrogens is 212 g/mol. The second-order valence-electron chi connectivity index (χ2n) is 3.89. The molecule has 0 aliphatic heterocycles. The Morgan fingerprint density at radius 2 is 1.94 bits per heavy atom. The summed E-state index contributed by atoms with van der Waals surface area (Å²) in [6, 6.07) is 0. The molecule has 0 aromatic carbocycles. The van der Waals surface area contributed by atoms with E-state index >= 15 is 0 Å². The van der Waals surface area contributed by atoms with Gasteiger partial charge in [-0.05, 0) is 18.2 Å². The molecule has 1 rings (SSSR count). The quantitative estimate of drug-likeness (QED) is 0.545. The van der Waals surface area contributed by atoms with Gasteiger partial charge in [-0.3, -0.25) is 9.59 Å². The molecule has 0 saturated carbocycles. The summed E-state index contributed by atoms with van der Waals surface area (Å²) < 4.78 is 0. The SMILES string of the molecule is C=C=CC(=O)C(C)C1(C=C=C)C=CC(=O)C=C1. The van der Waals surface area contributed by atoms with Crippen LogP contribution < -0.4 is 0 Å². The first kappa shape index (κ1) is 12.9. The zero-order valence-corrected chi connectivity index (χ0v) is 9.77. The van der Waals surface area contributed by atoms with Crippen LogP contribution in [0.5, 0.6) is 0 Å². The molecule has 1 aliphatic carbocycles. The second kappa shape index (κ2) is 5.27. The van der Waals surface area contributed by atoms with E-state index in [4.69, 9.17) is 0 Å². The molecule has 0 radical (unpaired) electrons. The summed E-state index contributed by atoms with van der Waals surface area (Å²) in [6.07, 6.45) is 9.30. The molecule has 0 fully saturated rings. The molecule has 1 atom stereocenters. The summed E-state index contributed by atoms with van der Waals surface area (Å²) >= 11 is 0. The van der Waals surface area contributed by atoms with Gasteiger partial charge >= 0.3 is 0 Å². The molecule has 0 amide bonds. The van der Waals surface area contributed by atoms with E-state index in [-0.39, 0.29) is 17.5 Å². The number of ketones is 2. The van der Waals surface area contributed by atoms with Crippen molar-refractivity contribution in [2.75, 3.05) is 0 Å². The van der Waals surface area contributed by atoms with Gasteiger partial charge in [0.15, 0.2) is 11.6 Å². The monoisotopic (exact) mass is 226 g/mol. The molecule has 1 aliphatic rings. The van der Waals surface area contributed by atoms with Crippen LogP contribution in [-0.2, 0) is 9.59 Å². The van der Waals surface area contributed by atoms with Gasteiger partial charge in [-0.1, -0.05) is 32.2 Å². The molecule has 86 valence electrons. The lowest BCUT2D eigenvalue weighted by Gasteiger charge is -2.29. The van der Waals surface area contributed by atoms with Crippen LogP contribution >= 0.6 is 0 Å². The van der Waals surface area contributed by atoms with Crippen LogP contribution in [0.15, 0.2) is 61.1 Å². The summed E-state index contributed by atoms with van der Waals surface area (Å²) in [5, 5.41) is 0.